The lowest BCUT2D eigenvalue weighted by Gasteiger charge is -2.34. The molecule has 0 atom stereocenters. The zero-order valence-corrected chi connectivity index (χ0v) is 15.3. The average Bonchev–Trinajstić information content (AvgIpc) is 3.29. The highest BCUT2D eigenvalue weighted by Crippen LogP contribution is 2.18. The van der Waals surface area contributed by atoms with Crippen molar-refractivity contribution in [3.8, 4) is 0 Å². The second-order valence-corrected chi connectivity index (χ2v) is 7.31. The molecule has 3 aromatic rings. The number of thiophene rings is 1. The van der Waals surface area contributed by atoms with E-state index >= 15 is 0 Å². The Hall–Kier alpha value is -2.67. The molecule has 0 saturated carbocycles. The summed E-state index contributed by atoms with van der Waals surface area (Å²) in [5.74, 6) is 0.747. The quantitative estimate of drug-likeness (QED) is 0.712. The number of nitrogens with zero attached hydrogens (tertiary/aromatic N) is 3. The summed E-state index contributed by atoms with van der Waals surface area (Å²) in [4.78, 5) is 33.6. The van der Waals surface area contributed by atoms with Gasteiger partial charge in [-0.25, -0.2) is 4.98 Å². The molecule has 0 unspecified atom stereocenters. The molecule has 26 heavy (non-hydrogen) atoms. The second kappa shape index (κ2) is 6.92. The van der Waals surface area contributed by atoms with Crippen molar-refractivity contribution in [3.05, 3.63) is 52.0 Å². The Morgan fingerprint density at radius 1 is 1.15 bits per heavy atom. The SMILES string of the molecule is Cc1nc2ccc(CC(=O)N3CCN(C(=O)c4cccs4)CC3)cc2o1. The normalized spacial score (nSPS) is 14.8. The molecule has 0 bridgehead atoms. The molecule has 1 aliphatic heterocycles. The molecule has 0 radical (unpaired) electrons. The first-order valence-electron chi connectivity index (χ1n) is 8.57. The number of piperazine rings is 1. The molecule has 3 heterocycles. The van der Waals surface area contributed by atoms with E-state index in [1.807, 2.05) is 52.4 Å². The van der Waals surface area contributed by atoms with Gasteiger partial charge in [0.2, 0.25) is 5.91 Å². The average molecular weight is 369 g/mol. The Bertz CT molecular complexity index is 940. The van der Waals surface area contributed by atoms with Crippen LogP contribution in [0.5, 0.6) is 0 Å². The predicted octanol–water partition coefficient (Wildman–Crippen LogP) is 2.72. The van der Waals surface area contributed by atoms with Crippen molar-refractivity contribution < 1.29 is 14.0 Å². The van der Waals surface area contributed by atoms with Crippen molar-refractivity contribution in [2.75, 3.05) is 26.2 Å². The van der Waals surface area contributed by atoms with Crippen molar-refractivity contribution >= 4 is 34.3 Å². The van der Waals surface area contributed by atoms with E-state index in [0.29, 0.717) is 44.1 Å². The summed E-state index contributed by atoms with van der Waals surface area (Å²) in [6, 6.07) is 9.39. The Balaban J connectivity index is 1.36. The minimum Gasteiger partial charge on any atom is -0.441 e. The molecule has 134 valence electrons. The molecule has 1 aromatic carbocycles. The third-order valence-corrected chi connectivity index (χ3v) is 5.42. The molecule has 7 heteroatoms. The smallest absolute Gasteiger partial charge is 0.264 e. The van der Waals surface area contributed by atoms with E-state index in [9.17, 15) is 9.59 Å². The molecular weight excluding hydrogens is 350 g/mol. The lowest BCUT2D eigenvalue weighted by atomic mass is 10.1. The number of amides is 2. The molecular formula is C19H19N3O3S. The summed E-state index contributed by atoms with van der Waals surface area (Å²) in [5, 5.41) is 1.90. The van der Waals surface area contributed by atoms with Crippen LogP contribution in [0.1, 0.15) is 21.1 Å². The number of hydrogen-bond donors (Lipinski definition) is 0. The molecule has 1 fully saturated rings. The summed E-state index contributed by atoms with van der Waals surface area (Å²) in [6.07, 6.45) is 0.328. The summed E-state index contributed by atoms with van der Waals surface area (Å²) in [7, 11) is 0. The van der Waals surface area contributed by atoms with Crippen LogP contribution < -0.4 is 0 Å². The lowest BCUT2D eigenvalue weighted by Crippen LogP contribution is -2.50. The molecule has 0 N–H and O–H groups in total. The van der Waals surface area contributed by atoms with Gasteiger partial charge in [0, 0.05) is 33.1 Å². The number of carbonyl (C=O) groups is 2. The number of hydrogen-bond acceptors (Lipinski definition) is 5. The summed E-state index contributed by atoms with van der Waals surface area (Å²) in [5.41, 5.74) is 2.43. The number of rotatable bonds is 3. The summed E-state index contributed by atoms with van der Waals surface area (Å²) in [6.45, 7) is 4.09. The summed E-state index contributed by atoms with van der Waals surface area (Å²) >= 11 is 1.45. The topological polar surface area (TPSA) is 66.7 Å². The number of aryl methyl sites for hydroxylation is 1. The fourth-order valence-corrected chi connectivity index (χ4v) is 3.89. The zero-order chi connectivity index (χ0) is 18.1. The van der Waals surface area contributed by atoms with Crippen LogP contribution in [0.2, 0.25) is 0 Å². The van der Waals surface area contributed by atoms with Gasteiger partial charge in [0.15, 0.2) is 11.5 Å². The van der Waals surface area contributed by atoms with E-state index in [1.165, 1.54) is 11.3 Å². The molecule has 0 aliphatic carbocycles. The van der Waals surface area contributed by atoms with Gasteiger partial charge in [0.05, 0.1) is 11.3 Å². The number of benzene rings is 1. The molecule has 2 amide bonds. The van der Waals surface area contributed by atoms with E-state index in [-0.39, 0.29) is 11.8 Å². The minimum absolute atomic E-state index is 0.0539. The van der Waals surface area contributed by atoms with E-state index in [1.54, 1.807) is 0 Å². The van der Waals surface area contributed by atoms with Crippen LogP contribution in [-0.4, -0.2) is 52.8 Å². The maximum absolute atomic E-state index is 12.6. The molecule has 4 rings (SSSR count). The van der Waals surface area contributed by atoms with Crippen molar-refractivity contribution in [3.63, 3.8) is 0 Å². The third-order valence-electron chi connectivity index (χ3n) is 4.57. The van der Waals surface area contributed by atoms with E-state index in [4.69, 9.17) is 4.42 Å². The number of fused-ring (bicyclic) bond motifs is 1. The van der Waals surface area contributed by atoms with Crippen LogP contribution >= 0.6 is 11.3 Å². The first kappa shape index (κ1) is 16.8. The number of carbonyl (C=O) groups excluding carboxylic acids is 2. The van der Waals surface area contributed by atoms with Gasteiger partial charge in [-0.1, -0.05) is 12.1 Å². The van der Waals surface area contributed by atoms with Crippen molar-refractivity contribution in [1.82, 2.24) is 14.8 Å². The second-order valence-electron chi connectivity index (χ2n) is 6.36. The zero-order valence-electron chi connectivity index (χ0n) is 14.5. The van der Waals surface area contributed by atoms with Gasteiger partial charge in [-0.2, -0.15) is 0 Å². The Morgan fingerprint density at radius 2 is 1.92 bits per heavy atom. The predicted molar refractivity (Wildman–Crippen MR) is 99.3 cm³/mol. The Labute approximate surface area is 155 Å². The van der Waals surface area contributed by atoms with Gasteiger partial charge in [0.1, 0.15) is 5.52 Å². The maximum atomic E-state index is 12.6. The van der Waals surface area contributed by atoms with Gasteiger partial charge in [-0.05, 0) is 29.1 Å². The third kappa shape index (κ3) is 3.35. The van der Waals surface area contributed by atoms with Gasteiger partial charge >= 0.3 is 0 Å². The monoisotopic (exact) mass is 369 g/mol. The Kier molecular flexibility index (Phi) is 4.46. The number of aromatic nitrogens is 1. The fourth-order valence-electron chi connectivity index (χ4n) is 3.20. The maximum Gasteiger partial charge on any atom is 0.264 e. The Morgan fingerprint density at radius 3 is 2.65 bits per heavy atom. The summed E-state index contributed by atoms with van der Waals surface area (Å²) < 4.78 is 5.53. The van der Waals surface area contributed by atoms with Gasteiger partial charge in [-0.3, -0.25) is 9.59 Å². The van der Waals surface area contributed by atoms with Gasteiger partial charge in [-0.15, -0.1) is 11.3 Å². The molecule has 0 spiro atoms. The van der Waals surface area contributed by atoms with Crippen molar-refractivity contribution in [2.45, 2.75) is 13.3 Å². The van der Waals surface area contributed by atoms with Crippen LogP contribution in [0.15, 0.2) is 40.1 Å². The molecule has 2 aromatic heterocycles. The highest BCUT2D eigenvalue weighted by atomic mass is 32.1. The van der Waals surface area contributed by atoms with E-state index in [2.05, 4.69) is 4.98 Å². The molecule has 1 aliphatic rings. The highest BCUT2D eigenvalue weighted by Gasteiger charge is 2.25. The van der Waals surface area contributed by atoms with Gasteiger partial charge in [0.25, 0.3) is 5.91 Å². The minimum atomic E-state index is 0.0539. The van der Waals surface area contributed by atoms with E-state index in [0.717, 1.165) is 16.0 Å². The fraction of sp³-hybridized carbons (Fsp3) is 0.316. The van der Waals surface area contributed by atoms with Crippen molar-refractivity contribution in [1.29, 1.82) is 0 Å². The van der Waals surface area contributed by atoms with Crippen LogP contribution in [0.25, 0.3) is 11.1 Å². The first-order chi connectivity index (χ1) is 12.6. The van der Waals surface area contributed by atoms with Crippen molar-refractivity contribution in [2.24, 2.45) is 0 Å². The van der Waals surface area contributed by atoms with Crippen LogP contribution in [0.4, 0.5) is 0 Å². The number of oxazole rings is 1. The van der Waals surface area contributed by atoms with Gasteiger partial charge < -0.3 is 14.2 Å². The van der Waals surface area contributed by atoms with E-state index < -0.39 is 0 Å². The first-order valence-corrected chi connectivity index (χ1v) is 9.45. The molecule has 6 nitrogen and oxygen atoms in total. The largest absolute Gasteiger partial charge is 0.441 e. The van der Waals surface area contributed by atoms with Crippen LogP contribution in [-0.2, 0) is 11.2 Å². The highest BCUT2D eigenvalue weighted by molar-refractivity contribution is 7.12. The standard InChI is InChI=1S/C19H19N3O3S/c1-13-20-15-5-4-14(11-16(15)25-13)12-18(23)21-6-8-22(9-7-21)19(24)17-3-2-10-26-17/h2-5,10-11H,6-9,12H2,1H3. The lowest BCUT2D eigenvalue weighted by molar-refractivity contribution is -0.131. The van der Waals surface area contributed by atoms with Crippen LogP contribution in [0, 0.1) is 6.92 Å². The van der Waals surface area contributed by atoms with Crippen LogP contribution in [0.3, 0.4) is 0 Å². The molecule has 1 saturated heterocycles.